The van der Waals surface area contributed by atoms with Crippen molar-refractivity contribution in [2.75, 3.05) is 0 Å². The van der Waals surface area contributed by atoms with E-state index in [9.17, 15) is 0 Å². The van der Waals surface area contributed by atoms with Crippen LogP contribution in [-0.2, 0) is 12.8 Å². The Balaban J connectivity index is 1.17. The number of aryl methyl sites for hydroxylation is 2. The topological polar surface area (TPSA) is 0 Å². The Morgan fingerprint density at radius 1 is 0.364 bits per heavy atom. The Bertz CT molecular complexity index is 2150. The fourth-order valence-electron chi connectivity index (χ4n) is 7.20. The van der Waals surface area contributed by atoms with Gasteiger partial charge >= 0.3 is 0 Å². The Labute approximate surface area is 268 Å². The van der Waals surface area contributed by atoms with Gasteiger partial charge in [-0.05, 0) is 118 Å². The molecule has 220 valence electrons. The van der Waals surface area contributed by atoms with Gasteiger partial charge in [-0.3, -0.25) is 0 Å². The van der Waals surface area contributed by atoms with Crippen molar-refractivity contribution in [3.8, 4) is 0 Å². The summed E-state index contributed by atoms with van der Waals surface area (Å²) in [7, 11) is 0. The molecular weight excluding hydrogens is 569 g/mol. The zero-order chi connectivity index (χ0) is 29.6. The van der Waals surface area contributed by atoms with Crippen LogP contribution in [0, 0.1) is 0 Å². The van der Waals surface area contributed by atoms with Gasteiger partial charge < -0.3 is 0 Å². The minimum Gasteiger partial charge on any atom is -0.135 e. The van der Waals surface area contributed by atoms with Crippen molar-refractivity contribution in [1.82, 2.24) is 0 Å². The molecule has 0 radical (unpaired) electrons. The summed E-state index contributed by atoms with van der Waals surface area (Å²) in [6.45, 7) is 4.57. The number of fused-ring (bicyclic) bond motifs is 9. The van der Waals surface area contributed by atoms with Crippen molar-refractivity contribution in [3.05, 3.63) is 96.1 Å². The fraction of sp³-hybridized carbons (Fsp3) is 0.286. The van der Waals surface area contributed by atoms with Gasteiger partial charge in [0.2, 0.25) is 0 Å². The maximum atomic E-state index is 2.45. The highest BCUT2D eigenvalue weighted by Gasteiger charge is 2.13. The average Bonchev–Trinajstić information content (AvgIpc) is 3.56. The van der Waals surface area contributed by atoms with Crippen molar-refractivity contribution < 1.29 is 0 Å². The Hall–Kier alpha value is -3.46. The summed E-state index contributed by atoms with van der Waals surface area (Å²) in [5.74, 6) is 0. The first-order valence-electron chi connectivity index (χ1n) is 16.8. The quantitative estimate of drug-likeness (QED) is 0.135. The maximum Gasteiger partial charge on any atom is 0.0361 e. The van der Waals surface area contributed by atoms with E-state index in [0.29, 0.717) is 0 Å². The second kappa shape index (κ2) is 11.8. The van der Waals surface area contributed by atoms with Gasteiger partial charge in [-0.2, -0.15) is 0 Å². The van der Waals surface area contributed by atoms with E-state index in [-0.39, 0.29) is 0 Å². The molecule has 0 N–H and O–H groups in total. The van der Waals surface area contributed by atoms with Gasteiger partial charge in [-0.1, -0.05) is 88.8 Å². The molecule has 0 saturated heterocycles. The molecule has 0 unspecified atom stereocenters. The minimum atomic E-state index is 1.19. The standard InChI is InChI=1S/C42H40S2/c1-3-5-7-9-11-27-13-15-29-19-35-37-21-33-26-42-38(22-34(33)25-41(37)43-39(35)23-31(29)17-27)36-20-30-16-14-28(12-10-8-6-4-2)18-32(30)24-40(36)44-42/h13-26H,3-12H2,1-2H3. The number of thiophene rings is 2. The van der Waals surface area contributed by atoms with E-state index in [1.165, 1.54) is 148 Å². The molecule has 0 bridgehead atoms. The van der Waals surface area contributed by atoms with Crippen LogP contribution in [-0.4, -0.2) is 0 Å². The van der Waals surface area contributed by atoms with Crippen LogP contribution in [0.2, 0.25) is 0 Å². The zero-order valence-corrected chi connectivity index (χ0v) is 27.6. The molecule has 8 aromatic rings. The summed E-state index contributed by atoms with van der Waals surface area (Å²) in [4.78, 5) is 0. The fourth-order valence-corrected chi connectivity index (χ4v) is 9.53. The molecule has 2 aromatic heterocycles. The molecule has 2 heteroatoms. The predicted molar refractivity (Wildman–Crippen MR) is 200 cm³/mol. The molecular formula is C42H40S2. The molecule has 0 fully saturated rings. The van der Waals surface area contributed by atoms with Crippen molar-refractivity contribution in [1.29, 1.82) is 0 Å². The molecule has 44 heavy (non-hydrogen) atoms. The van der Waals surface area contributed by atoms with Crippen LogP contribution in [0.1, 0.15) is 76.3 Å². The lowest BCUT2D eigenvalue weighted by Crippen LogP contribution is -1.86. The largest absolute Gasteiger partial charge is 0.135 e. The Morgan fingerprint density at radius 3 is 1.11 bits per heavy atom. The molecule has 0 aliphatic heterocycles. The molecule has 8 rings (SSSR count). The number of hydrogen-bond donors (Lipinski definition) is 0. The second-order valence-electron chi connectivity index (χ2n) is 12.9. The molecule has 0 saturated carbocycles. The lowest BCUT2D eigenvalue weighted by molar-refractivity contribution is 0.667. The highest BCUT2D eigenvalue weighted by atomic mass is 32.1. The van der Waals surface area contributed by atoms with Crippen molar-refractivity contribution in [3.63, 3.8) is 0 Å². The van der Waals surface area contributed by atoms with Crippen molar-refractivity contribution >= 4 is 95.3 Å². The molecule has 2 heterocycles. The van der Waals surface area contributed by atoms with E-state index in [2.05, 4.69) is 98.8 Å². The SMILES string of the molecule is CCCCCCc1ccc2cc3c(cc2c1)sc1cc2cc4c(cc2cc13)sc1cc2cc(CCCCCC)ccc2cc14. The summed E-state index contributed by atoms with van der Waals surface area (Å²) in [6.07, 6.45) is 12.9. The molecule has 0 aliphatic carbocycles. The first kappa shape index (κ1) is 28.0. The van der Waals surface area contributed by atoms with Gasteiger partial charge in [-0.15, -0.1) is 22.7 Å². The van der Waals surface area contributed by atoms with Crippen LogP contribution in [0.5, 0.6) is 0 Å². The molecule has 6 aromatic carbocycles. The third kappa shape index (κ3) is 5.17. The van der Waals surface area contributed by atoms with Gasteiger partial charge in [0.25, 0.3) is 0 Å². The summed E-state index contributed by atoms with van der Waals surface area (Å²) >= 11 is 3.89. The van der Waals surface area contributed by atoms with Crippen LogP contribution in [0.4, 0.5) is 0 Å². The first-order chi connectivity index (χ1) is 21.7. The average molecular weight is 609 g/mol. The zero-order valence-electron chi connectivity index (χ0n) is 26.0. The van der Waals surface area contributed by atoms with E-state index in [1.54, 1.807) is 0 Å². The Morgan fingerprint density at radius 2 is 0.727 bits per heavy atom. The number of benzene rings is 6. The molecule has 0 spiro atoms. The number of rotatable bonds is 10. The lowest BCUT2D eigenvalue weighted by Gasteiger charge is -2.05. The van der Waals surface area contributed by atoms with Crippen LogP contribution in [0.25, 0.3) is 72.7 Å². The predicted octanol–water partition coefficient (Wildman–Crippen LogP) is 14.1. The number of hydrogen-bond acceptors (Lipinski definition) is 2. The normalized spacial score (nSPS) is 12.3. The third-order valence-electron chi connectivity index (χ3n) is 9.70. The van der Waals surface area contributed by atoms with Gasteiger partial charge in [0.15, 0.2) is 0 Å². The molecule has 0 amide bonds. The Kier molecular flexibility index (Phi) is 7.52. The highest BCUT2D eigenvalue weighted by molar-refractivity contribution is 7.26. The molecule has 0 nitrogen and oxygen atoms in total. The minimum absolute atomic E-state index is 1.19. The van der Waals surface area contributed by atoms with E-state index < -0.39 is 0 Å². The van der Waals surface area contributed by atoms with Crippen LogP contribution < -0.4 is 0 Å². The van der Waals surface area contributed by atoms with Crippen molar-refractivity contribution in [2.45, 2.75) is 78.1 Å². The monoisotopic (exact) mass is 608 g/mol. The van der Waals surface area contributed by atoms with E-state index >= 15 is 0 Å². The van der Waals surface area contributed by atoms with Crippen LogP contribution >= 0.6 is 22.7 Å². The van der Waals surface area contributed by atoms with Crippen molar-refractivity contribution in [2.24, 2.45) is 0 Å². The molecule has 0 aliphatic rings. The lowest BCUT2D eigenvalue weighted by atomic mass is 9.99. The van der Waals surface area contributed by atoms with Gasteiger partial charge in [0.1, 0.15) is 0 Å². The van der Waals surface area contributed by atoms with Gasteiger partial charge in [-0.25, -0.2) is 0 Å². The second-order valence-corrected chi connectivity index (χ2v) is 15.1. The smallest absolute Gasteiger partial charge is 0.0361 e. The molecule has 0 atom stereocenters. The van der Waals surface area contributed by atoms with Gasteiger partial charge in [0, 0.05) is 40.3 Å². The highest BCUT2D eigenvalue weighted by Crippen LogP contribution is 2.42. The summed E-state index contributed by atoms with van der Waals surface area (Å²) in [6, 6.07) is 33.7. The first-order valence-corrected chi connectivity index (χ1v) is 18.4. The summed E-state index contributed by atoms with van der Waals surface area (Å²) in [5.41, 5.74) is 2.95. The third-order valence-corrected chi connectivity index (χ3v) is 11.9. The number of unbranched alkanes of at least 4 members (excludes halogenated alkanes) is 6. The van der Waals surface area contributed by atoms with E-state index in [0.717, 1.165) is 0 Å². The van der Waals surface area contributed by atoms with E-state index in [4.69, 9.17) is 0 Å². The van der Waals surface area contributed by atoms with Crippen LogP contribution in [0.3, 0.4) is 0 Å². The maximum absolute atomic E-state index is 2.45. The summed E-state index contributed by atoms with van der Waals surface area (Å²) in [5, 5.41) is 13.7. The summed E-state index contributed by atoms with van der Waals surface area (Å²) < 4.78 is 5.57. The van der Waals surface area contributed by atoms with Crippen LogP contribution in [0.15, 0.2) is 84.9 Å². The van der Waals surface area contributed by atoms with Gasteiger partial charge in [0.05, 0.1) is 0 Å². The van der Waals surface area contributed by atoms with E-state index in [1.807, 2.05) is 22.7 Å².